The van der Waals surface area contributed by atoms with Crippen molar-refractivity contribution in [1.29, 1.82) is 0 Å². The lowest BCUT2D eigenvalue weighted by Gasteiger charge is -2.43. The van der Waals surface area contributed by atoms with Crippen LogP contribution in [-0.4, -0.2) is 57.7 Å². The number of amides is 3. The summed E-state index contributed by atoms with van der Waals surface area (Å²) in [6, 6.07) is 3.60. The van der Waals surface area contributed by atoms with Gasteiger partial charge in [0.1, 0.15) is 17.7 Å². The van der Waals surface area contributed by atoms with Gasteiger partial charge in [-0.3, -0.25) is 9.59 Å². The van der Waals surface area contributed by atoms with Crippen LogP contribution in [0.4, 0.5) is 4.79 Å². The summed E-state index contributed by atoms with van der Waals surface area (Å²) in [5.74, 6) is -0.819. The molecule has 0 saturated heterocycles. The van der Waals surface area contributed by atoms with Crippen LogP contribution in [0.25, 0.3) is 0 Å². The van der Waals surface area contributed by atoms with Crippen molar-refractivity contribution in [3.63, 3.8) is 0 Å². The van der Waals surface area contributed by atoms with Gasteiger partial charge in [-0.15, -0.1) is 0 Å². The first-order chi connectivity index (χ1) is 16.6. The van der Waals surface area contributed by atoms with E-state index in [4.69, 9.17) is 4.74 Å². The first-order valence-electron chi connectivity index (χ1n) is 12.9. The molecule has 0 heterocycles. The molecule has 1 aromatic rings. The van der Waals surface area contributed by atoms with Crippen molar-refractivity contribution in [3.05, 3.63) is 34.9 Å². The van der Waals surface area contributed by atoms with Crippen molar-refractivity contribution >= 4 is 17.9 Å². The van der Waals surface area contributed by atoms with Crippen molar-refractivity contribution in [3.8, 4) is 0 Å². The first-order valence-corrected chi connectivity index (χ1v) is 12.9. The van der Waals surface area contributed by atoms with Gasteiger partial charge in [0.25, 0.3) is 0 Å². The quantitative estimate of drug-likeness (QED) is 0.514. The average molecular weight is 504 g/mol. The summed E-state index contributed by atoms with van der Waals surface area (Å²) in [6.45, 7) is 14.0. The molecule has 3 amide bonds. The standard InChI is InChI=1S/C28H45N3O5/c1-18-14-15-20(16-19(18)2)23(24(33)29-21-12-10-9-11-13-21)31(27(3,4)5)25(34)22(17-32)30-26(35)36-28(6,7)8/h14-16,21-23,32H,9-13,17H2,1-8H3,(H,29,33)(H,30,35). The second-order valence-electron chi connectivity index (χ2n) is 11.9. The summed E-state index contributed by atoms with van der Waals surface area (Å²) in [5.41, 5.74) is 1.21. The third kappa shape index (κ3) is 8.22. The Hall–Kier alpha value is -2.61. The number of aryl methyl sites for hydroxylation is 2. The molecule has 0 radical (unpaired) electrons. The normalized spacial score (nSPS) is 16.6. The van der Waals surface area contributed by atoms with Crippen molar-refractivity contribution in [2.75, 3.05) is 6.61 Å². The number of rotatable bonds is 7. The van der Waals surface area contributed by atoms with E-state index in [2.05, 4.69) is 10.6 Å². The molecule has 1 fully saturated rings. The third-order valence-corrected chi connectivity index (χ3v) is 6.44. The second-order valence-corrected chi connectivity index (χ2v) is 11.9. The fourth-order valence-electron chi connectivity index (χ4n) is 4.53. The molecule has 1 aliphatic carbocycles. The van der Waals surface area contributed by atoms with Crippen LogP contribution >= 0.6 is 0 Å². The Morgan fingerprint density at radius 3 is 2.14 bits per heavy atom. The molecule has 0 aliphatic heterocycles. The minimum Gasteiger partial charge on any atom is -0.444 e. The maximum absolute atomic E-state index is 13.9. The fraction of sp³-hybridized carbons (Fsp3) is 0.679. The Morgan fingerprint density at radius 2 is 1.64 bits per heavy atom. The molecule has 0 spiro atoms. The minimum atomic E-state index is -1.27. The van der Waals surface area contributed by atoms with Gasteiger partial charge in [-0.2, -0.15) is 0 Å². The van der Waals surface area contributed by atoms with E-state index in [0.717, 1.165) is 43.2 Å². The lowest BCUT2D eigenvalue weighted by atomic mass is 9.92. The number of nitrogens with zero attached hydrogens (tertiary/aromatic N) is 1. The van der Waals surface area contributed by atoms with Crippen LogP contribution in [0, 0.1) is 13.8 Å². The molecular weight excluding hydrogens is 458 g/mol. The molecule has 202 valence electrons. The van der Waals surface area contributed by atoms with Gasteiger partial charge < -0.3 is 25.4 Å². The largest absolute Gasteiger partial charge is 0.444 e. The molecule has 36 heavy (non-hydrogen) atoms. The summed E-state index contributed by atoms with van der Waals surface area (Å²) in [7, 11) is 0. The highest BCUT2D eigenvalue weighted by atomic mass is 16.6. The average Bonchev–Trinajstić information content (AvgIpc) is 2.76. The van der Waals surface area contributed by atoms with E-state index < -0.39 is 41.8 Å². The Bertz CT molecular complexity index is 926. The van der Waals surface area contributed by atoms with Gasteiger partial charge in [-0.05, 0) is 84.9 Å². The second kappa shape index (κ2) is 12.1. The van der Waals surface area contributed by atoms with Crippen molar-refractivity contribution in [2.45, 2.75) is 117 Å². The molecule has 1 aromatic carbocycles. The number of benzene rings is 1. The molecule has 2 atom stereocenters. The number of carbonyl (C=O) groups excluding carboxylic acids is 3. The highest BCUT2D eigenvalue weighted by Crippen LogP contribution is 2.32. The number of hydrogen-bond donors (Lipinski definition) is 3. The zero-order valence-electron chi connectivity index (χ0n) is 23.2. The molecule has 8 heteroatoms. The van der Waals surface area contributed by atoms with Gasteiger partial charge in [-0.1, -0.05) is 37.5 Å². The van der Waals surface area contributed by atoms with Crippen LogP contribution in [-0.2, 0) is 14.3 Å². The Kier molecular flexibility index (Phi) is 9.94. The maximum Gasteiger partial charge on any atom is 0.408 e. The number of alkyl carbamates (subject to hydrolysis) is 1. The Morgan fingerprint density at radius 1 is 1.03 bits per heavy atom. The number of nitrogens with one attached hydrogen (secondary N) is 2. The van der Waals surface area contributed by atoms with Crippen LogP contribution in [0.3, 0.4) is 0 Å². The van der Waals surface area contributed by atoms with E-state index in [1.807, 2.05) is 52.8 Å². The van der Waals surface area contributed by atoms with Crippen LogP contribution in [0.2, 0.25) is 0 Å². The predicted octanol–water partition coefficient (Wildman–Crippen LogP) is 4.31. The van der Waals surface area contributed by atoms with Gasteiger partial charge in [0.05, 0.1) is 6.61 Å². The first kappa shape index (κ1) is 29.6. The number of aliphatic hydroxyl groups excluding tert-OH is 1. The fourth-order valence-corrected chi connectivity index (χ4v) is 4.53. The molecule has 0 aromatic heterocycles. The van der Waals surface area contributed by atoms with Gasteiger partial charge in [0.2, 0.25) is 11.8 Å². The minimum absolute atomic E-state index is 0.0609. The lowest BCUT2D eigenvalue weighted by molar-refractivity contribution is -0.149. The van der Waals surface area contributed by atoms with Crippen molar-refractivity contribution < 1.29 is 24.2 Å². The van der Waals surface area contributed by atoms with E-state index in [1.165, 1.54) is 4.90 Å². The van der Waals surface area contributed by atoms with Crippen LogP contribution in [0.15, 0.2) is 18.2 Å². The van der Waals surface area contributed by atoms with Gasteiger partial charge in [-0.25, -0.2) is 4.79 Å². The number of ether oxygens (including phenoxy) is 1. The SMILES string of the molecule is Cc1ccc(C(C(=O)NC2CCCCC2)N(C(=O)C(CO)NC(=O)OC(C)(C)C)C(C)(C)C)cc1C. The zero-order valence-corrected chi connectivity index (χ0v) is 23.2. The number of carbonyl (C=O) groups is 3. The van der Waals surface area contributed by atoms with E-state index in [0.29, 0.717) is 5.56 Å². The lowest BCUT2D eigenvalue weighted by Crippen LogP contribution is -2.60. The Balaban J connectivity index is 2.48. The van der Waals surface area contributed by atoms with Gasteiger partial charge in [0, 0.05) is 11.6 Å². The predicted molar refractivity (Wildman–Crippen MR) is 141 cm³/mol. The Labute approximate surface area is 216 Å². The van der Waals surface area contributed by atoms with E-state index in [1.54, 1.807) is 20.8 Å². The number of aliphatic hydroxyl groups is 1. The molecule has 1 aliphatic rings. The van der Waals surface area contributed by atoms with Crippen LogP contribution in [0.1, 0.15) is 96.4 Å². The van der Waals surface area contributed by atoms with Gasteiger partial charge in [0.15, 0.2) is 0 Å². The van der Waals surface area contributed by atoms with Crippen molar-refractivity contribution in [1.82, 2.24) is 15.5 Å². The topological polar surface area (TPSA) is 108 Å². The molecule has 1 saturated carbocycles. The number of hydrogen-bond acceptors (Lipinski definition) is 5. The highest BCUT2D eigenvalue weighted by Gasteiger charge is 2.42. The third-order valence-electron chi connectivity index (χ3n) is 6.44. The maximum atomic E-state index is 13.9. The molecule has 2 unspecified atom stereocenters. The van der Waals surface area contributed by atoms with Crippen LogP contribution < -0.4 is 10.6 Å². The van der Waals surface area contributed by atoms with E-state index in [9.17, 15) is 19.5 Å². The molecular formula is C28H45N3O5. The monoisotopic (exact) mass is 503 g/mol. The molecule has 2 rings (SSSR count). The van der Waals surface area contributed by atoms with Crippen LogP contribution in [0.5, 0.6) is 0 Å². The van der Waals surface area contributed by atoms with E-state index in [-0.39, 0.29) is 11.9 Å². The highest BCUT2D eigenvalue weighted by molar-refractivity contribution is 5.92. The summed E-state index contributed by atoms with van der Waals surface area (Å²) in [4.78, 5) is 41.7. The smallest absolute Gasteiger partial charge is 0.408 e. The van der Waals surface area contributed by atoms with E-state index >= 15 is 0 Å². The summed E-state index contributed by atoms with van der Waals surface area (Å²) < 4.78 is 5.30. The molecule has 3 N–H and O–H groups in total. The summed E-state index contributed by atoms with van der Waals surface area (Å²) in [6.07, 6.45) is 4.30. The summed E-state index contributed by atoms with van der Waals surface area (Å²) in [5, 5.41) is 15.7. The molecule has 8 nitrogen and oxygen atoms in total. The summed E-state index contributed by atoms with van der Waals surface area (Å²) >= 11 is 0. The van der Waals surface area contributed by atoms with Gasteiger partial charge >= 0.3 is 6.09 Å². The molecule has 0 bridgehead atoms. The zero-order chi connectivity index (χ0) is 27.3. The van der Waals surface area contributed by atoms with Crippen molar-refractivity contribution in [2.24, 2.45) is 0 Å².